The summed E-state index contributed by atoms with van der Waals surface area (Å²) in [6, 6.07) is 32.4. The van der Waals surface area contributed by atoms with E-state index in [4.69, 9.17) is 23.2 Å². The van der Waals surface area contributed by atoms with Gasteiger partial charge in [0.2, 0.25) is 0 Å². The van der Waals surface area contributed by atoms with Crippen molar-refractivity contribution in [3.05, 3.63) is 154 Å². The third-order valence-corrected chi connectivity index (χ3v) is 8.78. The van der Waals surface area contributed by atoms with Gasteiger partial charge in [-0.25, -0.2) is 0 Å². The first-order valence-electron chi connectivity index (χ1n) is 14.9. The Balaban J connectivity index is 0.000000160. The molecule has 6 nitrogen and oxygen atoms in total. The first kappa shape index (κ1) is 30.5. The second-order valence-corrected chi connectivity index (χ2v) is 12.0. The molecule has 4 aromatic carbocycles. The maximum atomic E-state index is 11.5. The Morgan fingerprint density at radius 3 is 1.42 bits per heavy atom. The number of nitrogens with zero attached hydrogens (tertiary/aromatic N) is 3. The number of hydrogen-bond acceptors (Lipinski definition) is 4. The number of H-pyrrole nitrogens is 2. The van der Waals surface area contributed by atoms with Gasteiger partial charge >= 0.3 is 0 Å². The van der Waals surface area contributed by atoms with E-state index in [9.17, 15) is 4.79 Å². The Hall–Kier alpha value is -4.49. The van der Waals surface area contributed by atoms with Crippen LogP contribution >= 0.6 is 23.2 Å². The summed E-state index contributed by atoms with van der Waals surface area (Å²) in [7, 11) is 0. The molecule has 45 heavy (non-hydrogen) atoms. The van der Waals surface area contributed by atoms with Crippen LogP contribution in [0.25, 0.3) is 22.3 Å². The Bertz CT molecular complexity index is 1760. The molecule has 0 spiro atoms. The van der Waals surface area contributed by atoms with Crippen molar-refractivity contribution in [2.75, 3.05) is 19.6 Å². The topological polar surface area (TPSA) is 77.7 Å². The summed E-state index contributed by atoms with van der Waals surface area (Å²) in [6.45, 7) is 3.47. The molecule has 6 aromatic rings. The van der Waals surface area contributed by atoms with Crippen LogP contribution in [-0.2, 0) is 4.79 Å². The van der Waals surface area contributed by atoms with E-state index < -0.39 is 0 Å². The van der Waals surface area contributed by atoms with Gasteiger partial charge in [0.15, 0.2) is 0 Å². The number of nitrogens with one attached hydrogen (secondary N) is 2. The number of aldehydes is 1. The van der Waals surface area contributed by atoms with Gasteiger partial charge in [0, 0.05) is 46.0 Å². The lowest BCUT2D eigenvalue weighted by molar-refractivity contribution is -0.108. The number of benzene rings is 4. The summed E-state index contributed by atoms with van der Waals surface area (Å²) >= 11 is 12.0. The summed E-state index contributed by atoms with van der Waals surface area (Å²) in [5.41, 5.74) is 8.95. The molecule has 226 valence electrons. The van der Waals surface area contributed by atoms with E-state index in [0.29, 0.717) is 10.9 Å². The predicted octanol–water partition coefficient (Wildman–Crippen LogP) is 8.63. The smallest absolute Gasteiger partial charge is 0.131 e. The van der Waals surface area contributed by atoms with Crippen LogP contribution in [-0.4, -0.2) is 51.2 Å². The number of aromatic nitrogens is 4. The molecule has 1 aliphatic rings. The van der Waals surface area contributed by atoms with Crippen LogP contribution in [0.4, 0.5) is 0 Å². The van der Waals surface area contributed by atoms with Crippen LogP contribution in [0.2, 0.25) is 10.0 Å². The molecular formula is C37H33Cl2N5O. The van der Waals surface area contributed by atoms with Gasteiger partial charge in [0.05, 0.1) is 18.3 Å². The van der Waals surface area contributed by atoms with Gasteiger partial charge in [-0.15, -0.1) is 0 Å². The molecular weight excluding hydrogens is 601 g/mol. The highest BCUT2D eigenvalue weighted by Crippen LogP contribution is 2.30. The quantitative estimate of drug-likeness (QED) is 0.156. The van der Waals surface area contributed by atoms with Crippen molar-refractivity contribution in [3.8, 4) is 22.3 Å². The maximum Gasteiger partial charge on any atom is 0.131 e. The molecule has 0 aliphatic carbocycles. The van der Waals surface area contributed by atoms with E-state index in [1.54, 1.807) is 18.3 Å². The van der Waals surface area contributed by atoms with E-state index >= 15 is 0 Å². The fourth-order valence-electron chi connectivity index (χ4n) is 5.55. The molecule has 0 bridgehead atoms. The van der Waals surface area contributed by atoms with E-state index in [1.807, 2.05) is 67.1 Å². The molecule has 0 radical (unpaired) electrons. The second kappa shape index (κ2) is 14.5. The highest BCUT2D eigenvalue weighted by molar-refractivity contribution is 6.30. The standard InChI is InChI=1S/C20H20ClN3.C17H13ClN2O/c21-19-8-6-17(7-9-19)20(14-24-10-1-11-24)16-4-2-15(3-5-16)18-12-22-23-13-18;18-16-7-5-14(6-8-16)17(11-21)13-3-1-12(2-4-13)15-9-19-20-10-15/h2-9,12-13,20H,1,10-11,14H2,(H,22,23);1-11,17H,(H,19,20). The van der Waals surface area contributed by atoms with Gasteiger partial charge in [0.25, 0.3) is 0 Å². The number of aromatic amines is 2. The Morgan fingerprint density at radius 1 is 0.622 bits per heavy atom. The zero-order chi connectivity index (χ0) is 31.0. The molecule has 1 fully saturated rings. The molecule has 0 saturated carbocycles. The van der Waals surface area contributed by atoms with Crippen molar-refractivity contribution < 1.29 is 4.79 Å². The number of carbonyl (C=O) groups is 1. The van der Waals surface area contributed by atoms with Crippen molar-refractivity contribution in [1.29, 1.82) is 0 Å². The van der Waals surface area contributed by atoms with Crippen LogP contribution in [0.5, 0.6) is 0 Å². The lowest BCUT2D eigenvalue weighted by Gasteiger charge is -2.34. The summed E-state index contributed by atoms with van der Waals surface area (Å²) in [5, 5.41) is 15.1. The first-order valence-corrected chi connectivity index (χ1v) is 15.7. The van der Waals surface area contributed by atoms with Gasteiger partial charge in [-0.1, -0.05) is 96.0 Å². The molecule has 2 N–H and O–H groups in total. The zero-order valence-corrected chi connectivity index (χ0v) is 26.1. The third-order valence-electron chi connectivity index (χ3n) is 8.27. The van der Waals surface area contributed by atoms with Crippen molar-refractivity contribution in [2.24, 2.45) is 0 Å². The van der Waals surface area contributed by atoms with E-state index in [2.05, 4.69) is 61.7 Å². The van der Waals surface area contributed by atoms with Crippen molar-refractivity contribution in [3.63, 3.8) is 0 Å². The fraction of sp³-hybridized carbons (Fsp3) is 0.162. The van der Waals surface area contributed by atoms with Crippen LogP contribution in [0.15, 0.2) is 122 Å². The zero-order valence-electron chi connectivity index (χ0n) is 24.6. The number of carbonyl (C=O) groups excluding carboxylic acids is 1. The lowest BCUT2D eigenvalue weighted by Crippen LogP contribution is -2.40. The second-order valence-electron chi connectivity index (χ2n) is 11.1. The maximum absolute atomic E-state index is 11.5. The third kappa shape index (κ3) is 7.60. The van der Waals surface area contributed by atoms with Gasteiger partial charge in [-0.2, -0.15) is 10.2 Å². The predicted molar refractivity (Wildman–Crippen MR) is 182 cm³/mol. The van der Waals surface area contributed by atoms with Gasteiger partial charge < -0.3 is 9.69 Å². The highest BCUT2D eigenvalue weighted by atomic mass is 35.5. The summed E-state index contributed by atoms with van der Waals surface area (Å²) in [6.07, 6.45) is 9.65. The van der Waals surface area contributed by atoms with Gasteiger partial charge in [-0.05, 0) is 77.2 Å². The van der Waals surface area contributed by atoms with Crippen molar-refractivity contribution in [2.45, 2.75) is 18.3 Å². The van der Waals surface area contributed by atoms with E-state index in [1.165, 1.54) is 36.2 Å². The molecule has 0 amide bonds. The molecule has 2 atom stereocenters. The first-order chi connectivity index (χ1) is 22.1. The molecule has 3 heterocycles. The van der Waals surface area contributed by atoms with E-state index in [-0.39, 0.29) is 5.92 Å². The number of hydrogen-bond donors (Lipinski definition) is 2. The monoisotopic (exact) mass is 633 g/mol. The minimum Gasteiger partial charge on any atom is -0.302 e. The molecule has 2 unspecified atom stereocenters. The number of rotatable bonds is 9. The summed E-state index contributed by atoms with van der Waals surface area (Å²) in [5.74, 6) is 0.0987. The fourth-order valence-corrected chi connectivity index (χ4v) is 5.80. The van der Waals surface area contributed by atoms with Crippen LogP contribution < -0.4 is 0 Å². The molecule has 8 heteroatoms. The Kier molecular flexibility index (Phi) is 9.86. The van der Waals surface area contributed by atoms with Gasteiger partial charge in [-0.3, -0.25) is 10.2 Å². The van der Waals surface area contributed by atoms with E-state index in [0.717, 1.165) is 45.7 Å². The summed E-state index contributed by atoms with van der Waals surface area (Å²) in [4.78, 5) is 14.0. The van der Waals surface area contributed by atoms with Crippen LogP contribution in [0.1, 0.15) is 40.5 Å². The number of halogens is 2. The average Bonchev–Trinajstić information content (AvgIpc) is 3.79. The van der Waals surface area contributed by atoms with Crippen LogP contribution in [0, 0.1) is 0 Å². The van der Waals surface area contributed by atoms with Gasteiger partial charge in [0.1, 0.15) is 6.29 Å². The minimum absolute atomic E-state index is 0.277. The average molecular weight is 635 g/mol. The molecule has 1 saturated heterocycles. The largest absolute Gasteiger partial charge is 0.302 e. The van der Waals surface area contributed by atoms with Crippen molar-refractivity contribution in [1.82, 2.24) is 25.3 Å². The normalized spacial score (nSPS) is 14.1. The lowest BCUT2D eigenvalue weighted by atomic mass is 9.89. The van der Waals surface area contributed by atoms with Crippen LogP contribution in [0.3, 0.4) is 0 Å². The molecule has 7 rings (SSSR count). The number of likely N-dealkylation sites (tertiary alicyclic amines) is 1. The minimum atomic E-state index is -0.277. The SMILES string of the molecule is Clc1ccc(C(CN2CCC2)c2ccc(-c3cn[nH]c3)cc2)cc1.O=CC(c1ccc(Cl)cc1)c1ccc(-c2cn[nH]c2)cc1. The molecule has 2 aromatic heterocycles. The summed E-state index contributed by atoms with van der Waals surface area (Å²) < 4.78 is 0. The molecule has 1 aliphatic heterocycles. The van der Waals surface area contributed by atoms with Crippen molar-refractivity contribution >= 4 is 29.5 Å². The Morgan fingerprint density at radius 2 is 1.04 bits per heavy atom. The highest BCUT2D eigenvalue weighted by Gasteiger charge is 2.22. The Labute approximate surface area is 273 Å².